The summed E-state index contributed by atoms with van der Waals surface area (Å²) in [6.07, 6.45) is -3.10. The highest BCUT2D eigenvalue weighted by molar-refractivity contribution is 5.92. The second kappa shape index (κ2) is 9.42. The van der Waals surface area contributed by atoms with Gasteiger partial charge in [0.05, 0.1) is 29.4 Å². The third-order valence-electron chi connectivity index (χ3n) is 5.22. The predicted octanol–water partition coefficient (Wildman–Crippen LogP) is 4.59. The standard InChI is InChI=1S/C24H18F4N6O/c1-14-8-22(32-31-14)23(35)30-12-18-3-2-15(9-20(18)25)13-34-7-6-21(33-34)16-4-5-17(11-29)19(10-16)24(26,27)28/h2-10H,12-13H2,1H3,(H,30,35)(H,31,32). The molecule has 0 aliphatic heterocycles. The number of amides is 1. The number of H-pyrrole nitrogens is 1. The maximum Gasteiger partial charge on any atom is 0.417 e. The van der Waals surface area contributed by atoms with E-state index in [9.17, 15) is 22.4 Å². The molecule has 0 saturated heterocycles. The molecule has 0 aliphatic carbocycles. The number of carbonyl (C=O) groups is 1. The monoisotopic (exact) mass is 482 g/mol. The highest BCUT2D eigenvalue weighted by atomic mass is 19.4. The number of carbonyl (C=O) groups excluding carboxylic acids is 1. The molecule has 0 bridgehead atoms. The van der Waals surface area contributed by atoms with Gasteiger partial charge < -0.3 is 5.32 Å². The molecule has 11 heteroatoms. The van der Waals surface area contributed by atoms with E-state index in [-0.39, 0.29) is 35.6 Å². The molecule has 1 amide bonds. The molecule has 0 saturated carbocycles. The first-order valence-corrected chi connectivity index (χ1v) is 10.4. The van der Waals surface area contributed by atoms with Gasteiger partial charge in [0, 0.05) is 29.6 Å². The first-order valence-electron chi connectivity index (χ1n) is 10.4. The summed E-state index contributed by atoms with van der Waals surface area (Å²) in [6, 6.07) is 12.6. The third kappa shape index (κ3) is 5.38. The highest BCUT2D eigenvalue weighted by Crippen LogP contribution is 2.34. The maximum absolute atomic E-state index is 14.6. The van der Waals surface area contributed by atoms with Crippen LogP contribution in [0.15, 0.2) is 54.7 Å². The number of nitrogens with zero attached hydrogens (tertiary/aromatic N) is 4. The molecule has 4 aromatic rings. The van der Waals surface area contributed by atoms with Gasteiger partial charge in [-0.3, -0.25) is 14.6 Å². The second-order valence-corrected chi connectivity index (χ2v) is 7.81. The molecular weight excluding hydrogens is 464 g/mol. The molecule has 0 atom stereocenters. The van der Waals surface area contributed by atoms with Crippen LogP contribution >= 0.6 is 0 Å². The summed E-state index contributed by atoms with van der Waals surface area (Å²) in [5.41, 5.74) is 0.795. The zero-order valence-corrected chi connectivity index (χ0v) is 18.3. The van der Waals surface area contributed by atoms with Crippen LogP contribution in [0, 0.1) is 24.1 Å². The highest BCUT2D eigenvalue weighted by Gasteiger charge is 2.34. The third-order valence-corrected chi connectivity index (χ3v) is 5.22. The number of aromatic amines is 1. The average molecular weight is 482 g/mol. The van der Waals surface area contributed by atoms with E-state index in [1.54, 1.807) is 43.5 Å². The van der Waals surface area contributed by atoms with Gasteiger partial charge in [-0.15, -0.1) is 0 Å². The molecule has 2 aromatic heterocycles. The van der Waals surface area contributed by atoms with Gasteiger partial charge >= 0.3 is 6.18 Å². The molecule has 2 aromatic carbocycles. The number of halogens is 4. The Morgan fingerprint density at radius 2 is 1.97 bits per heavy atom. The fourth-order valence-electron chi connectivity index (χ4n) is 3.46. The first-order chi connectivity index (χ1) is 16.6. The van der Waals surface area contributed by atoms with Gasteiger partial charge in [-0.1, -0.05) is 18.2 Å². The molecule has 0 unspecified atom stereocenters. The summed E-state index contributed by atoms with van der Waals surface area (Å²) in [6.45, 7) is 1.91. The Morgan fingerprint density at radius 1 is 1.17 bits per heavy atom. The molecule has 0 spiro atoms. The van der Waals surface area contributed by atoms with Crippen LogP contribution in [0.3, 0.4) is 0 Å². The number of aryl methyl sites for hydroxylation is 1. The average Bonchev–Trinajstić information content (AvgIpc) is 3.46. The lowest BCUT2D eigenvalue weighted by Crippen LogP contribution is -2.23. The number of hydrogen-bond acceptors (Lipinski definition) is 4. The number of nitrogens with one attached hydrogen (secondary N) is 2. The van der Waals surface area contributed by atoms with Crippen molar-refractivity contribution in [3.05, 3.63) is 94.2 Å². The van der Waals surface area contributed by atoms with Crippen LogP contribution in [0.25, 0.3) is 11.3 Å². The van der Waals surface area contributed by atoms with Crippen molar-refractivity contribution in [2.75, 3.05) is 0 Å². The molecule has 0 radical (unpaired) electrons. The van der Waals surface area contributed by atoms with Gasteiger partial charge in [0.15, 0.2) is 0 Å². The van der Waals surface area contributed by atoms with Crippen molar-refractivity contribution in [3.8, 4) is 17.3 Å². The largest absolute Gasteiger partial charge is 0.417 e. The summed E-state index contributed by atoms with van der Waals surface area (Å²) in [4.78, 5) is 12.1. The predicted molar refractivity (Wildman–Crippen MR) is 117 cm³/mol. The minimum absolute atomic E-state index is 0.0248. The summed E-state index contributed by atoms with van der Waals surface area (Å²) >= 11 is 0. The Morgan fingerprint density at radius 3 is 2.63 bits per heavy atom. The van der Waals surface area contributed by atoms with Crippen molar-refractivity contribution >= 4 is 5.91 Å². The SMILES string of the molecule is Cc1cc(C(=O)NCc2ccc(Cn3ccc(-c4ccc(C#N)c(C(F)(F)F)c4)n3)cc2F)n[nH]1. The van der Waals surface area contributed by atoms with E-state index in [1.165, 1.54) is 16.8 Å². The van der Waals surface area contributed by atoms with Crippen LogP contribution in [0.1, 0.15) is 38.4 Å². The Labute approximate surface area is 197 Å². The molecule has 4 rings (SSSR count). The van der Waals surface area contributed by atoms with Crippen molar-refractivity contribution in [2.24, 2.45) is 0 Å². The summed E-state index contributed by atoms with van der Waals surface area (Å²) in [5.74, 6) is -0.950. The maximum atomic E-state index is 14.6. The van der Waals surface area contributed by atoms with Gasteiger partial charge in [0.1, 0.15) is 11.5 Å². The van der Waals surface area contributed by atoms with Crippen molar-refractivity contribution in [1.29, 1.82) is 5.26 Å². The Balaban J connectivity index is 1.45. The van der Waals surface area contributed by atoms with Gasteiger partial charge in [-0.05, 0) is 42.8 Å². The molecule has 178 valence electrons. The lowest BCUT2D eigenvalue weighted by atomic mass is 10.0. The Kier molecular flexibility index (Phi) is 6.38. The molecule has 2 heterocycles. The quantitative estimate of drug-likeness (QED) is 0.393. The minimum Gasteiger partial charge on any atom is -0.346 e. The molecule has 0 aliphatic rings. The fourth-order valence-corrected chi connectivity index (χ4v) is 3.46. The molecule has 2 N–H and O–H groups in total. The lowest BCUT2D eigenvalue weighted by molar-refractivity contribution is -0.137. The number of rotatable bonds is 6. The van der Waals surface area contributed by atoms with E-state index in [0.717, 1.165) is 17.8 Å². The van der Waals surface area contributed by atoms with Crippen LogP contribution in [0.5, 0.6) is 0 Å². The molecule has 7 nitrogen and oxygen atoms in total. The van der Waals surface area contributed by atoms with Gasteiger partial charge in [0.25, 0.3) is 5.91 Å². The molecule has 0 fully saturated rings. The lowest BCUT2D eigenvalue weighted by Gasteiger charge is -2.10. The van der Waals surface area contributed by atoms with Crippen molar-refractivity contribution < 1.29 is 22.4 Å². The van der Waals surface area contributed by atoms with Crippen LogP contribution in [0.4, 0.5) is 17.6 Å². The Bertz CT molecular complexity index is 1430. The minimum atomic E-state index is -4.67. The van der Waals surface area contributed by atoms with Crippen molar-refractivity contribution in [1.82, 2.24) is 25.3 Å². The molecular formula is C24H18F4N6O. The summed E-state index contributed by atoms with van der Waals surface area (Å²) in [7, 11) is 0. The number of hydrogen-bond donors (Lipinski definition) is 2. The van der Waals surface area contributed by atoms with Gasteiger partial charge in [0.2, 0.25) is 0 Å². The van der Waals surface area contributed by atoms with Crippen LogP contribution < -0.4 is 5.32 Å². The number of aromatic nitrogens is 4. The van der Waals surface area contributed by atoms with Crippen molar-refractivity contribution in [3.63, 3.8) is 0 Å². The van der Waals surface area contributed by atoms with Crippen LogP contribution in [0.2, 0.25) is 0 Å². The zero-order chi connectivity index (χ0) is 25.2. The van der Waals surface area contributed by atoms with Gasteiger partial charge in [-0.2, -0.15) is 28.6 Å². The van der Waals surface area contributed by atoms with E-state index in [2.05, 4.69) is 20.6 Å². The number of benzene rings is 2. The van der Waals surface area contributed by atoms with E-state index in [4.69, 9.17) is 5.26 Å². The second-order valence-electron chi connectivity index (χ2n) is 7.81. The van der Waals surface area contributed by atoms with Crippen molar-refractivity contribution in [2.45, 2.75) is 26.2 Å². The molecule has 35 heavy (non-hydrogen) atoms. The number of nitriles is 1. The van der Waals surface area contributed by atoms with Crippen LogP contribution in [-0.4, -0.2) is 25.9 Å². The fraction of sp³-hybridized carbons (Fsp3) is 0.167. The van der Waals surface area contributed by atoms with E-state index < -0.39 is 29.0 Å². The van der Waals surface area contributed by atoms with Crippen LogP contribution in [-0.2, 0) is 19.3 Å². The van der Waals surface area contributed by atoms with E-state index in [1.807, 2.05) is 0 Å². The first kappa shape index (κ1) is 23.7. The normalized spacial score (nSPS) is 11.3. The Hall–Kier alpha value is -4.46. The van der Waals surface area contributed by atoms with E-state index >= 15 is 0 Å². The zero-order valence-electron chi connectivity index (χ0n) is 18.3. The number of alkyl halides is 3. The smallest absolute Gasteiger partial charge is 0.346 e. The topological polar surface area (TPSA) is 99.4 Å². The van der Waals surface area contributed by atoms with Gasteiger partial charge in [-0.25, -0.2) is 4.39 Å². The summed E-state index contributed by atoms with van der Waals surface area (Å²) < 4.78 is 55.8. The summed E-state index contributed by atoms with van der Waals surface area (Å²) in [5, 5.41) is 22.3. The van der Waals surface area contributed by atoms with E-state index in [0.29, 0.717) is 5.56 Å².